The molecule has 2 heterocycles. The molecule has 2 aromatic heterocycles. The predicted molar refractivity (Wildman–Crippen MR) is 103 cm³/mol. The number of benzene rings is 1. The number of carbonyl (C=O) groups is 2. The largest absolute Gasteiger partial charge is 0.481 e. The second-order valence-electron chi connectivity index (χ2n) is 6.63. The van der Waals surface area contributed by atoms with Crippen molar-refractivity contribution in [3.05, 3.63) is 46.5 Å². The zero-order valence-electron chi connectivity index (χ0n) is 15.1. The minimum Gasteiger partial charge on any atom is -0.481 e. The fourth-order valence-corrected chi connectivity index (χ4v) is 3.77. The van der Waals surface area contributed by atoms with Crippen molar-refractivity contribution in [1.29, 1.82) is 0 Å². The van der Waals surface area contributed by atoms with Gasteiger partial charge in [0.25, 0.3) is 5.91 Å². The molecule has 0 aliphatic carbocycles. The van der Waals surface area contributed by atoms with Gasteiger partial charge in [-0.1, -0.05) is 26.0 Å². The highest BCUT2D eigenvalue weighted by molar-refractivity contribution is 7.20. The van der Waals surface area contributed by atoms with Crippen molar-refractivity contribution in [1.82, 2.24) is 9.78 Å². The average molecular weight is 371 g/mol. The molecule has 1 amide bonds. The van der Waals surface area contributed by atoms with E-state index in [1.165, 1.54) is 11.3 Å². The fourth-order valence-electron chi connectivity index (χ4n) is 2.79. The molecule has 0 radical (unpaired) electrons. The Morgan fingerprint density at radius 3 is 2.42 bits per heavy atom. The number of aliphatic carboxylic acids is 1. The SMILES string of the molecule is CC(C)c1nn(C)c2sc(C(=O)Nc3ccc(C(C)C(=O)O)cc3)cc12. The number of carbonyl (C=O) groups excluding carboxylic acids is 1. The van der Waals surface area contributed by atoms with Crippen LogP contribution in [0.5, 0.6) is 0 Å². The van der Waals surface area contributed by atoms with Gasteiger partial charge in [-0.05, 0) is 36.6 Å². The Morgan fingerprint density at radius 1 is 1.19 bits per heavy atom. The first-order valence-corrected chi connectivity index (χ1v) is 9.20. The lowest BCUT2D eigenvalue weighted by molar-refractivity contribution is -0.138. The van der Waals surface area contributed by atoms with Crippen LogP contribution in [0, 0.1) is 0 Å². The number of fused-ring (bicyclic) bond motifs is 1. The summed E-state index contributed by atoms with van der Waals surface area (Å²) in [6.07, 6.45) is 0. The van der Waals surface area contributed by atoms with E-state index in [-0.39, 0.29) is 11.8 Å². The summed E-state index contributed by atoms with van der Waals surface area (Å²) in [5.74, 6) is -1.35. The Balaban J connectivity index is 1.81. The molecule has 6 nitrogen and oxygen atoms in total. The van der Waals surface area contributed by atoms with Crippen molar-refractivity contribution >= 4 is 39.1 Å². The summed E-state index contributed by atoms with van der Waals surface area (Å²) in [6, 6.07) is 8.78. The van der Waals surface area contributed by atoms with Crippen LogP contribution in [0.3, 0.4) is 0 Å². The summed E-state index contributed by atoms with van der Waals surface area (Å²) in [5, 5.41) is 17.5. The monoisotopic (exact) mass is 371 g/mol. The van der Waals surface area contributed by atoms with Gasteiger partial charge in [-0.2, -0.15) is 5.10 Å². The van der Waals surface area contributed by atoms with Crippen LogP contribution in [0.1, 0.15) is 53.5 Å². The topological polar surface area (TPSA) is 84.2 Å². The summed E-state index contributed by atoms with van der Waals surface area (Å²) in [4.78, 5) is 25.2. The number of thiophene rings is 1. The minimum absolute atomic E-state index is 0.181. The number of aryl methyl sites for hydroxylation is 1. The number of anilines is 1. The van der Waals surface area contributed by atoms with Gasteiger partial charge in [-0.15, -0.1) is 11.3 Å². The molecule has 1 atom stereocenters. The molecular formula is C19H21N3O3S. The second-order valence-corrected chi connectivity index (χ2v) is 7.66. The van der Waals surface area contributed by atoms with Gasteiger partial charge in [0.1, 0.15) is 4.83 Å². The zero-order chi connectivity index (χ0) is 19.0. The molecule has 2 N–H and O–H groups in total. The Morgan fingerprint density at radius 2 is 1.85 bits per heavy atom. The van der Waals surface area contributed by atoms with E-state index >= 15 is 0 Å². The number of hydrogen-bond donors (Lipinski definition) is 2. The Labute approximate surface area is 155 Å². The van der Waals surface area contributed by atoms with Crippen LogP contribution in [0.2, 0.25) is 0 Å². The van der Waals surface area contributed by atoms with Crippen molar-refractivity contribution < 1.29 is 14.7 Å². The van der Waals surface area contributed by atoms with Crippen LogP contribution in [-0.2, 0) is 11.8 Å². The van der Waals surface area contributed by atoms with Crippen molar-refractivity contribution in [3.63, 3.8) is 0 Å². The van der Waals surface area contributed by atoms with Gasteiger partial charge >= 0.3 is 5.97 Å². The van der Waals surface area contributed by atoms with E-state index in [1.54, 1.807) is 31.2 Å². The van der Waals surface area contributed by atoms with E-state index in [0.717, 1.165) is 15.9 Å². The quantitative estimate of drug-likeness (QED) is 0.704. The predicted octanol–water partition coefficient (Wildman–Crippen LogP) is 4.20. The summed E-state index contributed by atoms with van der Waals surface area (Å²) < 4.78 is 1.81. The first kappa shape index (κ1) is 18.1. The van der Waals surface area contributed by atoms with Crippen LogP contribution < -0.4 is 5.32 Å². The molecule has 0 saturated carbocycles. The zero-order valence-corrected chi connectivity index (χ0v) is 15.9. The molecule has 3 aromatic rings. The summed E-state index contributed by atoms with van der Waals surface area (Å²) in [5.41, 5.74) is 2.32. The lowest BCUT2D eigenvalue weighted by Crippen LogP contribution is -2.11. The van der Waals surface area contributed by atoms with E-state index in [1.807, 2.05) is 17.8 Å². The van der Waals surface area contributed by atoms with Crippen molar-refractivity contribution in [3.8, 4) is 0 Å². The Hall–Kier alpha value is -2.67. The number of hydrogen-bond acceptors (Lipinski definition) is 4. The van der Waals surface area contributed by atoms with Gasteiger partial charge in [0.15, 0.2) is 0 Å². The molecule has 0 spiro atoms. The first-order valence-electron chi connectivity index (χ1n) is 8.38. The maximum Gasteiger partial charge on any atom is 0.310 e. The fraction of sp³-hybridized carbons (Fsp3) is 0.316. The molecule has 1 aromatic carbocycles. The van der Waals surface area contributed by atoms with Crippen LogP contribution in [-0.4, -0.2) is 26.8 Å². The smallest absolute Gasteiger partial charge is 0.310 e. The summed E-state index contributed by atoms with van der Waals surface area (Å²) in [7, 11) is 1.88. The molecule has 0 aliphatic heterocycles. The normalized spacial score (nSPS) is 12.5. The molecule has 0 bridgehead atoms. The maximum atomic E-state index is 12.6. The highest BCUT2D eigenvalue weighted by Crippen LogP contribution is 2.32. The van der Waals surface area contributed by atoms with Gasteiger partial charge in [-0.3, -0.25) is 14.3 Å². The van der Waals surface area contributed by atoms with E-state index in [4.69, 9.17) is 5.11 Å². The molecule has 1 unspecified atom stereocenters. The van der Waals surface area contributed by atoms with Crippen LogP contribution in [0.4, 0.5) is 5.69 Å². The molecule has 136 valence electrons. The minimum atomic E-state index is -0.873. The lowest BCUT2D eigenvalue weighted by Gasteiger charge is -2.08. The van der Waals surface area contributed by atoms with E-state index in [2.05, 4.69) is 24.3 Å². The van der Waals surface area contributed by atoms with Gasteiger partial charge in [0.2, 0.25) is 0 Å². The Kier molecular flexibility index (Phi) is 4.82. The summed E-state index contributed by atoms with van der Waals surface area (Å²) >= 11 is 1.41. The van der Waals surface area contributed by atoms with Gasteiger partial charge in [-0.25, -0.2) is 0 Å². The Bertz CT molecular complexity index is 970. The summed E-state index contributed by atoms with van der Waals surface area (Å²) in [6.45, 7) is 5.80. The third-order valence-electron chi connectivity index (χ3n) is 4.35. The molecule has 26 heavy (non-hydrogen) atoms. The third-order valence-corrected chi connectivity index (χ3v) is 5.55. The molecule has 0 aliphatic rings. The molecule has 0 fully saturated rings. The number of amides is 1. The van der Waals surface area contributed by atoms with E-state index in [9.17, 15) is 9.59 Å². The van der Waals surface area contributed by atoms with Gasteiger partial charge < -0.3 is 10.4 Å². The van der Waals surface area contributed by atoms with Crippen LogP contribution in [0.25, 0.3) is 10.2 Å². The number of nitrogens with zero attached hydrogens (tertiary/aromatic N) is 2. The van der Waals surface area contributed by atoms with Crippen molar-refractivity contribution in [2.45, 2.75) is 32.6 Å². The second kappa shape index (κ2) is 6.92. The van der Waals surface area contributed by atoms with E-state index in [0.29, 0.717) is 16.1 Å². The molecule has 3 rings (SSSR count). The van der Waals surface area contributed by atoms with Gasteiger partial charge in [0, 0.05) is 18.1 Å². The molecule has 0 saturated heterocycles. The molecular weight excluding hydrogens is 350 g/mol. The lowest BCUT2D eigenvalue weighted by atomic mass is 10.0. The van der Waals surface area contributed by atoms with Gasteiger partial charge in [0.05, 0.1) is 16.5 Å². The number of aromatic nitrogens is 2. The standard InChI is InChI=1S/C19H21N3O3S/c1-10(2)16-14-9-15(26-18(14)22(4)21-16)17(23)20-13-7-5-12(6-8-13)11(3)19(24)25/h5-11H,1-4H3,(H,20,23)(H,24,25). The first-order chi connectivity index (χ1) is 12.3. The third kappa shape index (κ3) is 3.35. The van der Waals surface area contributed by atoms with E-state index < -0.39 is 11.9 Å². The number of nitrogens with one attached hydrogen (secondary N) is 1. The number of rotatable bonds is 5. The van der Waals surface area contributed by atoms with Crippen molar-refractivity contribution in [2.75, 3.05) is 5.32 Å². The molecule has 7 heteroatoms. The van der Waals surface area contributed by atoms with Crippen LogP contribution in [0.15, 0.2) is 30.3 Å². The highest BCUT2D eigenvalue weighted by atomic mass is 32.1. The maximum absolute atomic E-state index is 12.6. The average Bonchev–Trinajstić information content (AvgIpc) is 3.15. The van der Waals surface area contributed by atoms with Crippen LogP contribution >= 0.6 is 11.3 Å². The van der Waals surface area contributed by atoms with Crippen molar-refractivity contribution in [2.24, 2.45) is 7.05 Å². The number of carboxylic acids is 1. The highest BCUT2D eigenvalue weighted by Gasteiger charge is 2.19. The number of carboxylic acid groups (broad SMARTS) is 1.